The number of halogens is 1. The Hall–Kier alpha value is -0.705. The summed E-state index contributed by atoms with van der Waals surface area (Å²) in [5, 5.41) is 18.7. The first-order chi connectivity index (χ1) is 8.00. The number of methoxy groups -OCH3 is 1. The molecule has 3 nitrogen and oxygen atoms in total. The molecule has 2 radical (unpaired) electrons. The quantitative estimate of drug-likeness (QED) is 0.804. The Balaban J connectivity index is 0.000000331. The number of ether oxygens (including phenoxy) is 1. The van der Waals surface area contributed by atoms with Crippen LogP contribution in [0.2, 0.25) is 5.02 Å². The predicted molar refractivity (Wildman–Crippen MR) is 76.0 cm³/mol. The molecule has 0 atom stereocenters. The van der Waals surface area contributed by atoms with E-state index in [0.29, 0.717) is 16.2 Å². The van der Waals surface area contributed by atoms with Crippen LogP contribution < -0.4 is 10.2 Å². The Kier molecular flexibility index (Phi) is 6.21. The molecule has 100 valence electrons. The van der Waals surface area contributed by atoms with Crippen LogP contribution >= 0.6 is 11.6 Å². The number of hydrogen-bond donors (Lipinski definition) is 2. The van der Waals surface area contributed by atoms with Gasteiger partial charge in [0, 0.05) is 0 Å². The monoisotopic (exact) mass is 270 g/mol. The van der Waals surface area contributed by atoms with Crippen molar-refractivity contribution in [3.05, 3.63) is 23.2 Å². The van der Waals surface area contributed by atoms with Crippen molar-refractivity contribution in [3.63, 3.8) is 0 Å². The van der Waals surface area contributed by atoms with Crippen LogP contribution in [-0.2, 0) is 0 Å². The van der Waals surface area contributed by atoms with Crippen LogP contribution in [0.25, 0.3) is 0 Å². The first-order valence-corrected chi connectivity index (χ1v) is 5.91. The standard InChI is InChI=1S/C7H6BClO.C6H14O2/c1-10-6-4-2-3-5(8)7(6)9;1-5(2,7)6(3,4)8/h2-4H,1H3;7-8H,1-4H3. The van der Waals surface area contributed by atoms with Crippen LogP contribution in [0.4, 0.5) is 0 Å². The molecule has 0 amide bonds. The van der Waals surface area contributed by atoms with E-state index in [2.05, 4.69) is 0 Å². The second kappa shape index (κ2) is 6.46. The largest absolute Gasteiger partial charge is 0.495 e. The van der Waals surface area contributed by atoms with Crippen molar-refractivity contribution in [2.75, 3.05) is 7.11 Å². The molecule has 5 heteroatoms. The van der Waals surface area contributed by atoms with E-state index in [4.69, 9.17) is 34.4 Å². The van der Waals surface area contributed by atoms with Crippen molar-refractivity contribution >= 4 is 24.9 Å². The highest BCUT2D eigenvalue weighted by Gasteiger charge is 2.31. The van der Waals surface area contributed by atoms with Crippen molar-refractivity contribution < 1.29 is 14.9 Å². The summed E-state index contributed by atoms with van der Waals surface area (Å²) >= 11 is 5.74. The zero-order valence-electron chi connectivity index (χ0n) is 11.5. The highest BCUT2D eigenvalue weighted by molar-refractivity contribution is 6.45. The second-order valence-electron chi connectivity index (χ2n) is 4.98. The molecule has 0 heterocycles. The van der Waals surface area contributed by atoms with Gasteiger partial charge in [-0.3, -0.25) is 0 Å². The SMILES string of the molecule is CC(C)(O)C(C)(C)O.[B]c1cccc(OC)c1Cl. The Morgan fingerprint density at radius 3 is 1.83 bits per heavy atom. The summed E-state index contributed by atoms with van der Waals surface area (Å²) in [6.45, 7) is 6.31. The molecule has 1 rings (SSSR count). The van der Waals surface area contributed by atoms with E-state index in [0.717, 1.165) is 0 Å². The molecule has 0 saturated heterocycles. The summed E-state index contributed by atoms with van der Waals surface area (Å²) in [7, 11) is 7.04. The van der Waals surface area contributed by atoms with Gasteiger partial charge < -0.3 is 14.9 Å². The van der Waals surface area contributed by atoms with Crippen molar-refractivity contribution in [2.45, 2.75) is 38.9 Å². The van der Waals surface area contributed by atoms with E-state index in [-0.39, 0.29) is 0 Å². The molecule has 0 aliphatic rings. The third kappa shape index (κ3) is 5.30. The number of rotatable bonds is 2. The lowest BCUT2D eigenvalue weighted by Gasteiger charge is -2.31. The minimum Gasteiger partial charge on any atom is -0.495 e. The van der Waals surface area contributed by atoms with Crippen molar-refractivity contribution in [1.29, 1.82) is 0 Å². The van der Waals surface area contributed by atoms with Gasteiger partial charge in [-0.15, -0.1) is 0 Å². The predicted octanol–water partition coefficient (Wildman–Crippen LogP) is 1.67. The van der Waals surface area contributed by atoms with Crippen LogP contribution in [0.1, 0.15) is 27.7 Å². The molecule has 0 spiro atoms. The molecule has 0 bridgehead atoms. The normalized spacial score (nSPS) is 11.6. The zero-order chi connectivity index (χ0) is 14.6. The van der Waals surface area contributed by atoms with Crippen molar-refractivity contribution in [3.8, 4) is 5.75 Å². The van der Waals surface area contributed by atoms with Crippen LogP contribution in [0.5, 0.6) is 5.75 Å². The Morgan fingerprint density at radius 1 is 1.11 bits per heavy atom. The van der Waals surface area contributed by atoms with E-state index < -0.39 is 11.2 Å². The number of hydrogen-bond acceptors (Lipinski definition) is 3. The van der Waals surface area contributed by atoms with Gasteiger partial charge in [0.15, 0.2) is 0 Å². The topological polar surface area (TPSA) is 49.7 Å². The third-order valence-corrected chi connectivity index (χ3v) is 3.11. The summed E-state index contributed by atoms with van der Waals surface area (Å²) in [6, 6.07) is 5.28. The molecule has 1 aromatic carbocycles. The molecule has 0 unspecified atom stereocenters. The van der Waals surface area contributed by atoms with E-state index >= 15 is 0 Å². The van der Waals surface area contributed by atoms with Gasteiger partial charge in [0.1, 0.15) is 13.6 Å². The van der Waals surface area contributed by atoms with Crippen LogP contribution in [0, 0.1) is 0 Å². The van der Waals surface area contributed by atoms with Crippen LogP contribution in [0.3, 0.4) is 0 Å². The molecule has 0 aromatic heterocycles. The average molecular weight is 271 g/mol. The molecule has 1 aromatic rings. The lowest BCUT2D eigenvalue weighted by Crippen LogP contribution is -2.44. The first kappa shape index (κ1) is 17.3. The van der Waals surface area contributed by atoms with Crippen LogP contribution in [-0.4, -0.2) is 36.4 Å². The fourth-order valence-electron chi connectivity index (χ4n) is 0.685. The minimum absolute atomic E-state index is 0.477. The van der Waals surface area contributed by atoms with E-state index in [1.54, 1.807) is 53.0 Å². The Bertz CT molecular complexity index is 369. The first-order valence-electron chi connectivity index (χ1n) is 5.53. The second-order valence-corrected chi connectivity index (χ2v) is 5.36. The van der Waals surface area contributed by atoms with Crippen molar-refractivity contribution in [2.24, 2.45) is 0 Å². The van der Waals surface area contributed by atoms with Crippen molar-refractivity contribution in [1.82, 2.24) is 0 Å². The van der Waals surface area contributed by atoms with Gasteiger partial charge in [-0.1, -0.05) is 29.2 Å². The van der Waals surface area contributed by atoms with E-state index in [1.165, 1.54) is 0 Å². The van der Waals surface area contributed by atoms with E-state index in [1.807, 2.05) is 0 Å². The number of benzene rings is 1. The van der Waals surface area contributed by atoms with Gasteiger partial charge in [0.25, 0.3) is 0 Å². The lowest BCUT2D eigenvalue weighted by atomic mass is 9.90. The van der Waals surface area contributed by atoms with Gasteiger partial charge in [-0.2, -0.15) is 0 Å². The maximum atomic E-state index is 9.10. The van der Waals surface area contributed by atoms with Gasteiger partial charge in [0.2, 0.25) is 0 Å². The molecular weight excluding hydrogens is 250 g/mol. The summed E-state index contributed by atoms with van der Waals surface area (Å²) in [4.78, 5) is 0. The van der Waals surface area contributed by atoms with Gasteiger partial charge in [0.05, 0.1) is 23.3 Å². The molecule has 0 aliphatic heterocycles. The molecule has 0 fully saturated rings. The third-order valence-electron chi connectivity index (χ3n) is 2.71. The summed E-state index contributed by atoms with van der Waals surface area (Å²) in [5.74, 6) is 0.613. The molecule has 18 heavy (non-hydrogen) atoms. The van der Waals surface area contributed by atoms with Gasteiger partial charge in [-0.25, -0.2) is 0 Å². The lowest BCUT2D eigenvalue weighted by molar-refractivity contribution is -0.107. The molecular formula is C13H20BClO3. The van der Waals surface area contributed by atoms with Gasteiger partial charge in [-0.05, 0) is 33.8 Å². The Morgan fingerprint density at radius 2 is 1.56 bits per heavy atom. The summed E-state index contributed by atoms with van der Waals surface area (Å²) in [5.41, 5.74) is -1.47. The van der Waals surface area contributed by atoms with Crippen LogP contribution in [0.15, 0.2) is 18.2 Å². The van der Waals surface area contributed by atoms with Gasteiger partial charge >= 0.3 is 0 Å². The molecule has 0 aliphatic carbocycles. The number of aliphatic hydroxyl groups is 2. The van der Waals surface area contributed by atoms with E-state index in [9.17, 15) is 0 Å². The maximum absolute atomic E-state index is 9.10. The fraction of sp³-hybridized carbons (Fsp3) is 0.538. The minimum atomic E-state index is -1.01. The highest BCUT2D eigenvalue weighted by Crippen LogP contribution is 2.20. The average Bonchev–Trinajstić information content (AvgIpc) is 2.20. The summed E-state index contributed by atoms with van der Waals surface area (Å²) < 4.78 is 4.91. The summed E-state index contributed by atoms with van der Waals surface area (Å²) in [6.07, 6.45) is 0. The highest BCUT2D eigenvalue weighted by atomic mass is 35.5. The molecule has 2 N–H and O–H groups in total. The molecule has 0 saturated carbocycles. The zero-order valence-corrected chi connectivity index (χ0v) is 12.2. The smallest absolute Gasteiger partial charge is 0.136 e. The maximum Gasteiger partial charge on any atom is 0.136 e. The Labute approximate surface area is 115 Å². The fourth-order valence-corrected chi connectivity index (χ4v) is 0.889.